The number of nitrogens with zero attached hydrogens (tertiary/aromatic N) is 2. The first-order valence-electron chi connectivity index (χ1n) is 6.14. The third-order valence-corrected chi connectivity index (χ3v) is 4.43. The van der Waals surface area contributed by atoms with Gasteiger partial charge in [-0.25, -0.2) is 0 Å². The Morgan fingerprint density at radius 3 is 2.75 bits per heavy atom. The molecule has 0 bridgehead atoms. The van der Waals surface area contributed by atoms with Gasteiger partial charge in [-0.3, -0.25) is 0 Å². The van der Waals surface area contributed by atoms with Crippen LogP contribution in [0.2, 0.25) is 5.02 Å². The number of rotatable bonds is 7. The number of hydrogen-bond donors (Lipinski definition) is 1. The highest BCUT2D eigenvalue weighted by Crippen LogP contribution is 2.24. The van der Waals surface area contributed by atoms with Crippen molar-refractivity contribution in [1.29, 1.82) is 0 Å². The van der Waals surface area contributed by atoms with Gasteiger partial charge in [-0.2, -0.15) is 11.8 Å². The molecule has 4 nitrogen and oxygen atoms in total. The van der Waals surface area contributed by atoms with E-state index in [9.17, 15) is 0 Å². The smallest absolute Gasteiger partial charge is 0.276 e. The van der Waals surface area contributed by atoms with E-state index in [4.69, 9.17) is 21.8 Å². The van der Waals surface area contributed by atoms with Gasteiger partial charge in [0.15, 0.2) is 0 Å². The van der Waals surface area contributed by atoms with Gasteiger partial charge in [0.25, 0.3) is 5.22 Å². The minimum atomic E-state index is -0.181. The van der Waals surface area contributed by atoms with Crippen molar-refractivity contribution in [2.45, 2.75) is 23.4 Å². The molecule has 0 aliphatic heterocycles. The second-order valence-electron chi connectivity index (χ2n) is 4.21. The predicted molar refractivity (Wildman–Crippen MR) is 85.2 cm³/mol. The second-order valence-corrected chi connectivity index (χ2v) is 6.56. The summed E-state index contributed by atoms with van der Waals surface area (Å²) in [4.78, 5) is 0. The van der Waals surface area contributed by atoms with Crippen molar-refractivity contribution in [2.75, 3.05) is 12.0 Å². The lowest BCUT2D eigenvalue weighted by molar-refractivity contribution is 0.383. The summed E-state index contributed by atoms with van der Waals surface area (Å²) in [5.74, 6) is 2.26. The minimum absolute atomic E-state index is 0.181. The molecule has 1 unspecified atom stereocenters. The van der Waals surface area contributed by atoms with E-state index in [-0.39, 0.29) is 6.04 Å². The van der Waals surface area contributed by atoms with Crippen LogP contribution < -0.4 is 5.73 Å². The first-order chi connectivity index (χ1) is 9.69. The molecule has 0 aliphatic rings. The standard InChI is InChI=1S/C13H16ClN3OS2/c1-19-7-6-11(15)12-16-17-13(18-12)20-8-9-2-4-10(14)5-3-9/h2-5,11H,6-8,15H2,1H3. The monoisotopic (exact) mass is 329 g/mol. The van der Waals surface area contributed by atoms with E-state index in [2.05, 4.69) is 10.2 Å². The van der Waals surface area contributed by atoms with Crippen LogP contribution in [-0.2, 0) is 5.75 Å². The zero-order chi connectivity index (χ0) is 14.4. The van der Waals surface area contributed by atoms with Crippen LogP contribution >= 0.6 is 35.1 Å². The average molecular weight is 330 g/mol. The SMILES string of the molecule is CSCCC(N)c1nnc(SCc2ccc(Cl)cc2)o1. The number of nitrogens with two attached hydrogens (primary N) is 1. The van der Waals surface area contributed by atoms with E-state index in [1.165, 1.54) is 11.8 Å². The summed E-state index contributed by atoms with van der Waals surface area (Å²) >= 11 is 9.10. The highest BCUT2D eigenvalue weighted by molar-refractivity contribution is 7.98. The number of thioether (sulfide) groups is 2. The fourth-order valence-electron chi connectivity index (χ4n) is 1.52. The lowest BCUT2D eigenvalue weighted by atomic mass is 10.2. The molecule has 1 aromatic carbocycles. The molecule has 20 heavy (non-hydrogen) atoms. The van der Waals surface area contributed by atoms with Gasteiger partial charge in [0.2, 0.25) is 5.89 Å². The molecule has 1 aromatic heterocycles. The summed E-state index contributed by atoms with van der Waals surface area (Å²) in [6, 6.07) is 7.53. The highest BCUT2D eigenvalue weighted by atomic mass is 35.5. The summed E-state index contributed by atoms with van der Waals surface area (Å²) in [6.07, 6.45) is 2.89. The van der Waals surface area contributed by atoms with Gasteiger partial charge in [-0.05, 0) is 36.1 Å². The maximum absolute atomic E-state index is 5.98. The Hall–Kier alpha value is -0.690. The summed E-state index contributed by atoms with van der Waals surface area (Å²) in [6.45, 7) is 0. The Kier molecular flexibility index (Phi) is 6.22. The molecule has 2 N–H and O–H groups in total. The minimum Gasteiger partial charge on any atom is -0.414 e. The fraction of sp³-hybridized carbons (Fsp3) is 0.385. The molecule has 0 spiro atoms. The van der Waals surface area contributed by atoms with Gasteiger partial charge in [-0.15, -0.1) is 10.2 Å². The largest absolute Gasteiger partial charge is 0.414 e. The van der Waals surface area contributed by atoms with E-state index < -0.39 is 0 Å². The van der Waals surface area contributed by atoms with Crippen molar-refractivity contribution in [3.63, 3.8) is 0 Å². The third-order valence-electron chi connectivity index (χ3n) is 2.65. The van der Waals surface area contributed by atoms with Crippen molar-refractivity contribution >= 4 is 35.1 Å². The van der Waals surface area contributed by atoms with Gasteiger partial charge in [0.1, 0.15) is 0 Å². The molecule has 7 heteroatoms. The zero-order valence-corrected chi connectivity index (χ0v) is 13.5. The van der Waals surface area contributed by atoms with Crippen LogP contribution in [0.4, 0.5) is 0 Å². The maximum Gasteiger partial charge on any atom is 0.276 e. The first-order valence-corrected chi connectivity index (χ1v) is 8.90. The highest BCUT2D eigenvalue weighted by Gasteiger charge is 2.14. The van der Waals surface area contributed by atoms with Gasteiger partial charge >= 0.3 is 0 Å². The molecule has 0 amide bonds. The molecule has 1 atom stereocenters. The van der Waals surface area contributed by atoms with Crippen LogP contribution in [-0.4, -0.2) is 22.2 Å². The Morgan fingerprint density at radius 2 is 2.05 bits per heavy atom. The topological polar surface area (TPSA) is 64.9 Å². The normalized spacial score (nSPS) is 12.6. The Balaban J connectivity index is 1.87. The van der Waals surface area contributed by atoms with Crippen molar-refractivity contribution < 1.29 is 4.42 Å². The average Bonchev–Trinajstić information content (AvgIpc) is 2.93. The molecule has 0 aliphatic carbocycles. The van der Waals surface area contributed by atoms with Gasteiger partial charge < -0.3 is 10.2 Å². The number of aromatic nitrogens is 2. The lowest BCUT2D eigenvalue weighted by Crippen LogP contribution is -2.11. The Morgan fingerprint density at radius 1 is 1.30 bits per heavy atom. The van der Waals surface area contributed by atoms with Crippen molar-refractivity contribution in [3.05, 3.63) is 40.7 Å². The number of hydrogen-bond acceptors (Lipinski definition) is 6. The molecule has 0 fully saturated rings. The summed E-state index contributed by atoms with van der Waals surface area (Å²) in [5.41, 5.74) is 7.14. The molecule has 1 heterocycles. The molecule has 0 saturated heterocycles. The van der Waals surface area contributed by atoms with Crippen LogP contribution in [0.15, 0.2) is 33.9 Å². The fourth-order valence-corrected chi connectivity index (χ4v) is 2.86. The number of benzene rings is 1. The van der Waals surface area contributed by atoms with Gasteiger partial charge in [-0.1, -0.05) is 35.5 Å². The van der Waals surface area contributed by atoms with Gasteiger partial charge in [0.05, 0.1) is 6.04 Å². The zero-order valence-electron chi connectivity index (χ0n) is 11.1. The summed E-state index contributed by atoms with van der Waals surface area (Å²) < 4.78 is 5.57. The molecule has 108 valence electrons. The number of halogens is 1. The second kappa shape index (κ2) is 7.93. The van der Waals surface area contributed by atoms with Crippen molar-refractivity contribution in [2.24, 2.45) is 5.73 Å². The molecule has 2 rings (SSSR count). The quantitative estimate of drug-likeness (QED) is 0.780. The maximum atomic E-state index is 5.98. The molecule has 2 aromatic rings. The molecular formula is C13H16ClN3OS2. The molecule has 0 radical (unpaired) electrons. The lowest BCUT2D eigenvalue weighted by Gasteiger charge is -2.04. The summed E-state index contributed by atoms with van der Waals surface area (Å²) in [7, 11) is 0. The van der Waals surface area contributed by atoms with Crippen LogP contribution in [0.25, 0.3) is 0 Å². The van der Waals surface area contributed by atoms with Gasteiger partial charge in [0, 0.05) is 10.8 Å². The third kappa shape index (κ3) is 4.70. The molecule has 0 saturated carbocycles. The van der Waals surface area contributed by atoms with Crippen molar-refractivity contribution in [3.8, 4) is 0 Å². The van der Waals surface area contributed by atoms with Crippen LogP contribution in [0, 0.1) is 0 Å². The van der Waals surface area contributed by atoms with Crippen LogP contribution in [0.3, 0.4) is 0 Å². The Labute approximate surface area is 131 Å². The van der Waals surface area contributed by atoms with E-state index in [0.29, 0.717) is 11.1 Å². The van der Waals surface area contributed by atoms with Crippen molar-refractivity contribution in [1.82, 2.24) is 10.2 Å². The van der Waals surface area contributed by atoms with E-state index in [0.717, 1.165) is 28.5 Å². The summed E-state index contributed by atoms with van der Waals surface area (Å²) in [5, 5.41) is 9.30. The van der Waals surface area contributed by atoms with E-state index in [1.807, 2.05) is 30.5 Å². The molecular weight excluding hydrogens is 314 g/mol. The Bertz CT molecular complexity index is 533. The van der Waals surface area contributed by atoms with Crippen LogP contribution in [0.5, 0.6) is 0 Å². The van der Waals surface area contributed by atoms with E-state index >= 15 is 0 Å². The predicted octanol–water partition coefficient (Wildman–Crippen LogP) is 3.77. The first kappa shape index (κ1) is 15.7. The van der Waals surface area contributed by atoms with E-state index in [1.54, 1.807) is 11.8 Å². The van der Waals surface area contributed by atoms with Crippen LogP contribution in [0.1, 0.15) is 23.9 Å².